The summed E-state index contributed by atoms with van der Waals surface area (Å²) in [4.78, 5) is 19.8. The highest BCUT2D eigenvalue weighted by Gasteiger charge is 2.09. The first kappa shape index (κ1) is 12.8. The van der Waals surface area contributed by atoms with Gasteiger partial charge < -0.3 is 11.1 Å². The molecular formula is C11H11ClN4OS. The van der Waals surface area contributed by atoms with E-state index in [0.717, 1.165) is 10.4 Å². The second-order valence-electron chi connectivity index (χ2n) is 3.52. The second kappa shape index (κ2) is 5.79. The number of nitrogens with one attached hydrogen (secondary N) is 1. The number of nitrogens with zero attached hydrogens (tertiary/aromatic N) is 2. The third-order valence-corrected chi connectivity index (χ3v) is 3.30. The fraction of sp³-hybridized carbons (Fsp3) is 0.182. The molecular weight excluding hydrogens is 272 g/mol. The van der Waals surface area contributed by atoms with E-state index in [9.17, 15) is 4.79 Å². The SMILES string of the molecule is NC(=O)CCNc1nc(Cl)ncc1-c1cccs1. The van der Waals surface area contributed by atoms with Gasteiger partial charge in [-0.05, 0) is 23.0 Å². The molecule has 7 heteroatoms. The molecule has 94 valence electrons. The van der Waals surface area contributed by atoms with Crippen molar-refractivity contribution in [3.63, 3.8) is 0 Å². The zero-order valence-electron chi connectivity index (χ0n) is 9.39. The first-order valence-corrected chi connectivity index (χ1v) is 6.51. The minimum Gasteiger partial charge on any atom is -0.370 e. The smallest absolute Gasteiger partial charge is 0.224 e. The molecule has 0 aliphatic heterocycles. The standard InChI is InChI=1S/C11H11ClN4OS/c12-11-15-6-7(8-2-1-5-18-8)10(16-11)14-4-3-9(13)17/h1-2,5-6H,3-4H2,(H2,13,17)(H,14,15,16). The molecule has 2 aromatic rings. The summed E-state index contributed by atoms with van der Waals surface area (Å²) in [5.74, 6) is 0.249. The Morgan fingerprint density at radius 1 is 1.56 bits per heavy atom. The Kier molecular flexibility index (Phi) is 4.11. The molecule has 0 fully saturated rings. The number of hydrogen-bond donors (Lipinski definition) is 2. The minimum atomic E-state index is -0.361. The monoisotopic (exact) mass is 282 g/mol. The number of hydrogen-bond acceptors (Lipinski definition) is 5. The van der Waals surface area contributed by atoms with Crippen LogP contribution in [0.25, 0.3) is 10.4 Å². The molecule has 0 saturated carbocycles. The average molecular weight is 283 g/mol. The molecule has 3 N–H and O–H groups in total. The number of thiophene rings is 1. The van der Waals surface area contributed by atoms with Crippen LogP contribution >= 0.6 is 22.9 Å². The van der Waals surface area contributed by atoms with Gasteiger partial charge in [-0.2, -0.15) is 0 Å². The normalized spacial score (nSPS) is 10.3. The lowest BCUT2D eigenvalue weighted by Gasteiger charge is -2.08. The van der Waals surface area contributed by atoms with Gasteiger partial charge >= 0.3 is 0 Å². The zero-order chi connectivity index (χ0) is 13.0. The summed E-state index contributed by atoms with van der Waals surface area (Å²) in [7, 11) is 0. The van der Waals surface area contributed by atoms with Gasteiger partial charge in [0.1, 0.15) is 5.82 Å². The van der Waals surface area contributed by atoms with E-state index in [2.05, 4.69) is 15.3 Å². The maximum atomic E-state index is 10.7. The van der Waals surface area contributed by atoms with Crippen LogP contribution in [0.15, 0.2) is 23.7 Å². The Labute approximate surface area is 113 Å². The number of anilines is 1. The predicted octanol–water partition coefficient (Wildman–Crippen LogP) is 2.15. The fourth-order valence-electron chi connectivity index (χ4n) is 1.41. The van der Waals surface area contributed by atoms with Gasteiger partial charge in [0.25, 0.3) is 0 Å². The summed E-state index contributed by atoms with van der Waals surface area (Å²) in [6, 6.07) is 3.92. The third-order valence-electron chi connectivity index (χ3n) is 2.21. The van der Waals surface area contributed by atoms with Crippen LogP contribution in [0.4, 0.5) is 5.82 Å². The maximum Gasteiger partial charge on any atom is 0.224 e. The summed E-state index contributed by atoms with van der Waals surface area (Å²) >= 11 is 7.35. The Morgan fingerprint density at radius 3 is 3.06 bits per heavy atom. The zero-order valence-corrected chi connectivity index (χ0v) is 11.0. The lowest BCUT2D eigenvalue weighted by atomic mass is 10.2. The molecule has 0 aromatic carbocycles. The first-order chi connectivity index (χ1) is 8.66. The van der Waals surface area contributed by atoms with Crippen molar-refractivity contribution in [2.24, 2.45) is 5.73 Å². The fourth-order valence-corrected chi connectivity index (χ4v) is 2.28. The van der Waals surface area contributed by atoms with Gasteiger partial charge in [0.05, 0.1) is 5.56 Å². The number of amides is 1. The number of primary amides is 1. The lowest BCUT2D eigenvalue weighted by Crippen LogP contribution is -2.16. The van der Waals surface area contributed by atoms with Crippen molar-refractivity contribution in [3.8, 4) is 10.4 Å². The van der Waals surface area contributed by atoms with Gasteiger partial charge in [-0.3, -0.25) is 4.79 Å². The molecule has 0 bridgehead atoms. The molecule has 0 aliphatic carbocycles. The Bertz CT molecular complexity index is 544. The summed E-state index contributed by atoms with van der Waals surface area (Å²) in [5.41, 5.74) is 5.94. The maximum absolute atomic E-state index is 10.7. The molecule has 2 aromatic heterocycles. The van der Waals surface area contributed by atoms with E-state index in [-0.39, 0.29) is 17.6 Å². The second-order valence-corrected chi connectivity index (χ2v) is 4.81. The Hall–Kier alpha value is -1.66. The minimum absolute atomic E-state index is 0.164. The topological polar surface area (TPSA) is 80.9 Å². The van der Waals surface area contributed by atoms with E-state index in [1.807, 2.05) is 17.5 Å². The van der Waals surface area contributed by atoms with Crippen LogP contribution in [-0.2, 0) is 4.79 Å². The number of aromatic nitrogens is 2. The Morgan fingerprint density at radius 2 is 2.39 bits per heavy atom. The number of nitrogens with two attached hydrogens (primary N) is 1. The van der Waals surface area contributed by atoms with E-state index in [1.165, 1.54) is 0 Å². The molecule has 0 radical (unpaired) electrons. The lowest BCUT2D eigenvalue weighted by molar-refractivity contribution is -0.117. The van der Waals surface area contributed by atoms with Crippen molar-refractivity contribution in [1.82, 2.24) is 9.97 Å². The molecule has 0 aliphatic rings. The number of halogens is 1. The summed E-state index contributed by atoms with van der Waals surface area (Å²) < 4.78 is 0. The van der Waals surface area contributed by atoms with Gasteiger partial charge in [0.15, 0.2) is 0 Å². The average Bonchev–Trinajstić information content (AvgIpc) is 2.82. The van der Waals surface area contributed by atoms with Crippen LogP contribution in [0.3, 0.4) is 0 Å². The number of carbonyl (C=O) groups excluding carboxylic acids is 1. The molecule has 1 amide bonds. The van der Waals surface area contributed by atoms with Gasteiger partial charge in [0.2, 0.25) is 11.2 Å². The molecule has 0 saturated heterocycles. The van der Waals surface area contributed by atoms with Gasteiger partial charge in [0, 0.05) is 24.0 Å². The highest BCUT2D eigenvalue weighted by atomic mass is 35.5. The molecule has 0 spiro atoms. The van der Waals surface area contributed by atoms with Crippen molar-refractivity contribution >= 4 is 34.7 Å². The summed E-state index contributed by atoms with van der Waals surface area (Å²) in [6.07, 6.45) is 1.90. The molecule has 0 atom stereocenters. The van der Waals surface area contributed by atoms with Crippen LogP contribution in [-0.4, -0.2) is 22.4 Å². The Balaban J connectivity index is 2.21. The van der Waals surface area contributed by atoms with Crippen molar-refractivity contribution in [1.29, 1.82) is 0 Å². The van der Waals surface area contributed by atoms with Crippen molar-refractivity contribution in [2.75, 3.05) is 11.9 Å². The molecule has 5 nitrogen and oxygen atoms in total. The first-order valence-electron chi connectivity index (χ1n) is 5.25. The number of rotatable bonds is 5. The van der Waals surface area contributed by atoms with E-state index < -0.39 is 0 Å². The van der Waals surface area contributed by atoms with E-state index >= 15 is 0 Å². The third kappa shape index (κ3) is 3.18. The van der Waals surface area contributed by atoms with Crippen LogP contribution in [0.2, 0.25) is 5.28 Å². The van der Waals surface area contributed by atoms with Crippen molar-refractivity contribution < 1.29 is 4.79 Å². The van der Waals surface area contributed by atoms with Gasteiger partial charge in [-0.15, -0.1) is 11.3 Å². The van der Waals surface area contributed by atoms with Gasteiger partial charge in [-0.1, -0.05) is 6.07 Å². The highest BCUT2D eigenvalue weighted by molar-refractivity contribution is 7.13. The van der Waals surface area contributed by atoms with Crippen molar-refractivity contribution in [2.45, 2.75) is 6.42 Å². The quantitative estimate of drug-likeness (QED) is 0.824. The predicted molar refractivity (Wildman–Crippen MR) is 72.7 cm³/mol. The molecule has 2 rings (SSSR count). The van der Waals surface area contributed by atoms with E-state index in [4.69, 9.17) is 17.3 Å². The van der Waals surface area contributed by atoms with Gasteiger partial charge in [-0.25, -0.2) is 9.97 Å². The van der Waals surface area contributed by atoms with Crippen LogP contribution in [0.5, 0.6) is 0 Å². The van der Waals surface area contributed by atoms with Crippen LogP contribution in [0, 0.1) is 0 Å². The largest absolute Gasteiger partial charge is 0.370 e. The highest BCUT2D eigenvalue weighted by Crippen LogP contribution is 2.30. The number of carbonyl (C=O) groups is 1. The molecule has 0 unspecified atom stereocenters. The summed E-state index contributed by atoms with van der Waals surface area (Å²) in [5, 5.41) is 5.18. The van der Waals surface area contributed by atoms with E-state index in [1.54, 1.807) is 17.5 Å². The van der Waals surface area contributed by atoms with E-state index in [0.29, 0.717) is 12.4 Å². The van der Waals surface area contributed by atoms with Crippen LogP contribution < -0.4 is 11.1 Å². The van der Waals surface area contributed by atoms with Crippen LogP contribution in [0.1, 0.15) is 6.42 Å². The van der Waals surface area contributed by atoms with Crippen molar-refractivity contribution in [3.05, 3.63) is 29.0 Å². The summed E-state index contributed by atoms with van der Waals surface area (Å²) in [6.45, 7) is 0.418. The molecule has 18 heavy (non-hydrogen) atoms. The molecule has 2 heterocycles.